The van der Waals surface area contributed by atoms with Gasteiger partial charge in [-0.2, -0.15) is 0 Å². The number of ether oxygens (including phenoxy) is 2. The lowest BCUT2D eigenvalue weighted by molar-refractivity contribution is 0.0748. The van der Waals surface area contributed by atoms with Crippen molar-refractivity contribution in [3.63, 3.8) is 0 Å². The van der Waals surface area contributed by atoms with E-state index in [0.29, 0.717) is 16.4 Å². The zero-order valence-corrected chi connectivity index (χ0v) is 18.2. The number of amides is 2. The first kappa shape index (κ1) is 23.1. The Bertz CT molecular complexity index is 1040. The van der Waals surface area contributed by atoms with Gasteiger partial charge in [0.25, 0.3) is 5.91 Å². The third-order valence-corrected chi connectivity index (χ3v) is 5.44. The molecule has 0 unspecified atom stereocenters. The summed E-state index contributed by atoms with van der Waals surface area (Å²) in [7, 11) is 1.52. The van der Waals surface area contributed by atoms with Crippen LogP contribution in [-0.2, 0) is 13.2 Å². The van der Waals surface area contributed by atoms with Crippen LogP contribution in [0.5, 0.6) is 11.5 Å². The first-order chi connectivity index (χ1) is 15.5. The van der Waals surface area contributed by atoms with Crippen molar-refractivity contribution in [3.8, 4) is 11.5 Å². The Morgan fingerprint density at radius 2 is 1.84 bits per heavy atom. The molecule has 2 aromatic carbocycles. The predicted octanol–water partition coefficient (Wildman–Crippen LogP) is 4.38. The number of methoxy groups -OCH3 is 1. The van der Waals surface area contributed by atoms with E-state index in [0.717, 1.165) is 11.1 Å². The molecule has 7 nitrogen and oxygen atoms in total. The Balaban J connectivity index is 1.71. The molecule has 1 heterocycles. The van der Waals surface area contributed by atoms with Gasteiger partial charge in [-0.3, -0.25) is 4.79 Å². The van der Waals surface area contributed by atoms with Crippen LogP contribution in [-0.4, -0.2) is 42.2 Å². The van der Waals surface area contributed by atoms with Gasteiger partial charge in [0.2, 0.25) is 0 Å². The van der Waals surface area contributed by atoms with E-state index in [1.807, 2.05) is 11.4 Å². The molecule has 1 aromatic heterocycles. The van der Waals surface area contributed by atoms with Gasteiger partial charge in [-0.25, -0.2) is 9.18 Å². The summed E-state index contributed by atoms with van der Waals surface area (Å²) in [6, 6.07) is 14.9. The highest BCUT2D eigenvalue weighted by Gasteiger charge is 2.18. The van der Waals surface area contributed by atoms with Gasteiger partial charge in [0, 0.05) is 19.6 Å². The maximum atomic E-state index is 13.1. The van der Waals surface area contributed by atoms with Crippen LogP contribution in [0.2, 0.25) is 0 Å². The largest absolute Gasteiger partial charge is 0.493 e. The highest BCUT2D eigenvalue weighted by atomic mass is 32.1. The van der Waals surface area contributed by atoms with Crippen molar-refractivity contribution in [2.45, 2.75) is 13.2 Å². The standard InChI is InChI=1S/C23H23FN2O5S/c1-30-20-13-17(6-9-19(20)31-15-16-4-7-18(24)8-5-16)14-26(11-10-25-23(28)29)22(27)21-3-2-12-32-21/h2-9,12-13,25H,10-11,14-15H2,1H3,(H,28,29). The summed E-state index contributed by atoms with van der Waals surface area (Å²) in [5.41, 5.74) is 1.62. The lowest BCUT2D eigenvalue weighted by Crippen LogP contribution is -2.37. The first-order valence-corrected chi connectivity index (χ1v) is 10.7. The number of carbonyl (C=O) groups is 2. The van der Waals surface area contributed by atoms with E-state index in [9.17, 15) is 14.0 Å². The highest BCUT2D eigenvalue weighted by molar-refractivity contribution is 7.12. The molecule has 0 aliphatic carbocycles. The number of hydrogen-bond acceptors (Lipinski definition) is 5. The number of nitrogens with one attached hydrogen (secondary N) is 1. The van der Waals surface area contributed by atoms with Crippen LogP contribution in [0.3, 0.4) is 0 Å². The van der Waals surface area contributed by atoms with Crippen LogP contribution in [0.25, 0.3) is 0 Å². The third-order valence-electron chi connectivity index (χ3n) is 4.59. The van der Waals surface area contributed by atoms with Crippen molar-refractivity contribution in [3.05, 3.63) is 81.8 Å². The van der Waals surface area contributed by atoms with Gasteiger partial charge in [0.1, 0.15) is 12.4 Å². The molecule has 0 saturated carbocycles. The molecule has 0 spiro atoms. The Kier molecular flexibility index (Phi) is 8.04. The van der Waals surface area contributed by atoms with E-state index in [1.165, 1.54) is 30.6 Å². The van der Waals surface area contributed by atoms with Gasteiger partial charge >= 0.3 is 6.09 Å². The number of carbonyl (C=O) groups excluding carboxylic acids is 1. The van der Waals surface area contributed by atoms with Crippen molar-refractivity contribution < 1.29 is 28.6 Å². The maximum absolute atomic E-state index is 13.1. The van der Waals surface area contributed by atoms with Crippen LogP contribution >= 0.6 is 11.3 Å². The Morgan fingerprint density at radius 3 is 2.50 bits per heavy atom. The normalized spacial score (nSPS) is 10.4. The quantitative estimate of drug-likeness (QED) is 0.471. The second-order valence-electron chi connectivity index (χ2n) is 6.84. The average Bonchev–Trinajstić information content (AvgIpc) is 3.32. The van der Waals surface area contributed by atoms with Gasteiger partial charge < -0.3 is 24.8 Å². The molecule has 0 saturated heterocycles. The summed E-state index contributed by atoms with van der Waals surface area (Å²) in [6.07, 6.45) is -1.14. The van der Waals surface area contributed by atoms with Gasteiger partial charge in [0.15, 0.2) is 11.5 Å². The molecule has 0 aliphatic rings. The summed E-state index contributed by atoms with van der Waals surface area (Å²) in [6.45, 7) is 0.850. The van der Waals surface area contributed by atoms with Gasteiger partial charge in [-0.1, -0.05) is 24.3 Å². The summed E-state index contributed by atoms with van der Waals surface area (Å²) in [5.74, 6) is 0.528. The van der Waals surface area contributed by atoms with Crippen LogP contribution in [0, 0.1) is 5.82 Å². The highest BCUT2D eigenvalue weighted by Crippen LogP contribution is 2.29. The number of rotatable bonds is 10. The Labute approximate surface area is 189 Å². The Hall–Kier alpha value is -3.59. The zero-order valence-electron chi connectivity index (χ0n) is 17.4. The number of thiophene rings is 1. The molecule has 0 radical (unpaired) electrons. The van der Waals surface area contributed by atoms with E-state index >= 15 is 0 Å². The second kappa shape index (κ2) is 11.1. The molecule has 9 heteroatoms. The first-order valence-electron chi connectivity index (χ1n) is 9.80. The topological polar surface area (TPSA) is 88.1 Å². The molecule has 0 atom stereocenters. The number of benzene rings is 2. The lowest BCUT2D eigenvalue weighted by Gasteiger charge is -2.23. The molecule has 3 rings (SSSR count). The van der Waals surface area contributed by atoms with Crippen LogP contribution < -0.4 is 14.8 Å². The third kappa shape index (κ3) is 6.45. The van der Waals surface area contributed by atoms with E-state index in [4.69, 9.17) is 14.6 Å². The van der Waals surface area contributed by atoms with Crippen molar-refractivity contribution >= 4 is 23.3 Å². The monoisotopic (exact) mass is 458 g/mol. The van der Waals surface area contributed by atoms with Gasteiger partial charge in [-0.05, 0) is 46.8 Å². The summed E-state index contributed by atoms with van der Waals surface area (Å²) < 4.78 is 24.3. The minimum atomic E-state index is -1.14. The lowest BCUT2D eigenvalue weighted by atomic mass is 10.1. The van der Waals surface area contributed by atoms with Gasteiger partial charge in [-0.15, -0.1) is 11.3 Å². The summed E-state index contributed by atoms with van der Waals surface area (Å²) in [4.78, 5) is 25.8. The number of nitrogens with zero attached hydrogens (tertiary/aromatic N) is 1. The fraction of sp³-hybridized carbons (Fsp3) is 0.217. The fourth-order valence-corrected chi connectivity index (χ4v) is 3.69. The van der Waals surface area contributed by atoms with Crippen LogP contribution in [0.15, 0.2) is 60.0 Å². The second-order valence-corrected chi connectivity index (χ2v) is 7.78. The smallest absolute Gasteiger partial charge is 0.404 e. The molecular formula is C23H23FN2O5S. The fourth-order valence-electron chi connectivity index (χ4n) is 3.00. The van der Waals surface area contributed by atoms with Crippen molar-refractivity contribution in [2.75, 3.05) is 20.2 Å². The van der Waals surface area contributed by atoms with Crippen LogP contribution in [0.4, 0.5) is 9.18 Å². The number of carboxylic acid groups (broad SMARTS) is 1. The summed E-state index contributed by atoms with van der Waals surface area (Å²) >= 11 is 1.33. The molecule has 2 N–H and O–H groups in total. The van der Waals surface area contributed by atoms with E-state index in [1.54, 1.807) is 41.3 Å². The minimum absolute atomic E-state index is 0.114. The molecule has 2 amide bonds. The van der Waals surface area contributed by atoms with Crippen molar-refractivity contribution in [1.82, 2.24) is 10.2 Å². The van der Waals surface area contributed by atoms with Crippen molar-refractivity contribution in [2.24, 2.45) is 0 Å². The molecule has 0 aliphatic heterocycles. The molecule has 0 fully saturated rings. The molecule has 0 bridgehead atoms. The average molecular weight is 459 g/mol. The Morgan fingerprint density at radius 1 is 1.09 bits per heavy atom. The van der Waals surface area contributed by atoms with Crippen molar-refractivity contribution in [1.29, 1.82) is 0 Å². The zero-order chi connectivity index (χ0) is 22.9. The van der Waals surface area contributed by atoms with Crippen LogP contribution in [0.1, 0.15) is 20.8 Å². The molecular weight excluding hydrogens is 435 g/mol. The number of hydrogen-bond donors (Lipinski definition) is 2. The maximum Gasteiger partial charge on any atom is 0.404 e. The van der Waals surface area contributed by atoms with E-state index in [2.05, 4.69) is 5.32 Å². The van der Waals surface area contributed by atoms with E-state index in [-0.39, 0.29) is 38.0 Å². The SMILES string of the molecule is COc1cc(CN(CCNC(=O)O)C(=O)c2cccs2)ccc1OCc1ccc(F)cc1. The molecule has 3 aromatic rings. The number of halogens is 1. The summed E-state index contributed by atoms with van der Waals surface area (Å²) in [5, 5.41) is 12.9. The molecule has 32 heavy (non-hydrogen) atoms. The molecule has 168 valence electrons. The minimum Gasteiger partial charge on any atom is -0.493 e. The predicted molar refractivity (Wildman–Crippen MR) is 119 cm³/mol. The van der Waals surface area contributed by atoms with Gasteiger partial charge in [0.05, 0.1) is 12.0 Å². The van der Waals surface area contributed by atoms with E-state index < -0.39 is 6.09 Å².